The van der Waals surface area contributed by atoms with Gasteiger partial charge in [-0.2, -0.15) is 0 Å². The molecular weight excluding hydrogens is 334 g/mol. The number of hydrogen-bond donors (Lipinski definition) is 1. The molecule has 2 rings (SSSR count). The van der Waals surface area contributed by atoms with Crippen LogP contribution in [0.2, 0.25) is 0 Å². The fraction of sp³-hybridized carbons (Fsp3) is 0.0625. The molecule has 0 heterocycles. The summed E-state index contributed by atoms with van der Waals surface area (Å²) in [5.41, 5.74) is -2.42. The van der Waals surface area contributed by atoms with E-state index in [9.17, 15) is 29.6 Å². The highest BCUT2D eigenvalue weighted by Crippen LogP contribution is 2.31. The molecule has 2 aromatic carbocycles. The maximum atomic E-state index is 12.3. The van der Waals surface area contributed by atoms with Crippen molar-refractivity contribution in [1.29, 1.82) is 0 Å². The Labute approximate surface area is 140 Å². The van der Waals surface area contributed by atoms with Crippen molar-refractivity contribution in [1.82, 2.24) is 0 Å². The molecule has 25 heavy (non-hydrogen) atoms. The number of ether oxygens (including phenoxy) is 2. The van der Waals surface area contributed by atoms with Crippen LogP contribution in [0.3, 0.4) is 0 Å². The minimum atomic E-state index is -1.46. The number of aromatic hydroxyl groups is 1. The molecule has 0 aliphatic carbocycles. The van der Waals surface area contributed by atoms with Crippen LogP contribution in [0.4, 0.5) is 5.69 Å². The summed E-state index contributed by atoms with van der Waals surface area (Å²) < 4.78 is 9.02. The zero-order chi connectivity index (χ0) is 18.6. The summed E-state index contributed by atoms with van der Waals surface area (Å²) in [5.74, 6) is -4.45. The number of rotatable bonds is 4. The molecule has 0 fully saturated rings. The van der Waals surface area contributed by atoms with Gasteiger partial charge >= 0.3 is 17.9 Å². The van der Waals surface area contributed by atoms with Gasteiger partial charge in [-0.15, -0.1) is 0 Å². The maximum absolute atomic E-state index is 12.3. The number of nitro groups is 1. The molecule has 128 valence electrons. The first-order chi connectivity index (χ1) is 11.9. The van der Waals surface area contributed by atoms with Crippen molar-refractivity contribution in [2.24, 2.45) is 0 Å². The summed E-state index contributed by atoms with van der Waals surface area (Å²) in [5, 5.41) is 20.9. The van der Waals surface area contributed by atoms with Gasteiger partial charge in [0.15, 0.2) is 5.56 Å². The van der Waals surface area contributed by atoms with Gasteiger partial charge in [-0.3, -0.25) is 10.1 Å². The van der Waals surface area contributed by atoms with Crippen molar-refractivity contribution >= 4 is 23.6 Å². The first kappa shape index (κ1) is 17.6. The van der Waals surface area contributed by atoms with E-state index in [1.807, 2.05) is 0 Å². The molecule has 0 amide bonds. The molecule has 0 spiro atoms. The summed E-state index contributed by atoms with van der Waals surface area (Å²) in [6.45, 7) is 0. The summed E-state index contributed by atoms with van der Waals surface area (Å²) in [7, 11) is 0.963. The van der Waals surface area contributed by atoms with Crippen LogP contribution < -0.4 is 0 Å². The average molecular weight is 345 g/mol. The second-order valence-electron chi connectivity index (χ2n) is 4.65. The van der Waals surface area contributed by atoms with Crippen LogP contribution in [0, 0.1) is 10.1 Å². The van der Waals surface area contributed by atoms with Crippen molar-refractivity contribution in [3.63, 3.8) is 0 Å². The van der Waals surface area contributed by atoms with Gasteiger partial charge in [0.1, 0.15) is 11.3 Å². The lowest BCUT2D eigenvalue weighted by molar-refractivity contribution is -0.385. The number of methoxy groups -OCH3 is 1. The summed E-state index contributed by atoms with van der Waals surface area (Å²) in [6.07, 6.45) is 0. The lowest BCUT2D eigenvalue weighted by atomic mass is 10.0. The van der Waals surface area contributed by atoms with Crippen molar-refractivity contribution in [3.05, 3.63) is 69.3 Å². The maximum Gasteiger partial charge on any atom is 0.354 e. The van der Waals surface area contributed by atoms with Gasteiger partial charge in [-0.1, -0.05) is 18.2 Å². The Balaban J connectivity index is 2.50. The van der Waals surface area contributed by atoms with Gasteiger partial charge in [0, 0.05) is 6.07 Å². The molecule has 9 heteroatoms. The Morgan fingerprint density at radius 3 is 2.16 bits per heavy atom. The average Bonchev–Trinajstić information content (AvgIpc) is 2.61. The minimum absolute atomic E-state index is 0.0262. The quantitative estimate of drug-likeness (QED) is 0.385. The molecule has 0 saturated heterocycles. The highest BCUT2D eigenvalue weighted by Gasteiger charge is 2.33. The second kappa shape index (κ2) is 7.21. The SMILES string of the molecule is COC(=O)c1c(O)ccc([N+](=O)[O-])c1C(=O)OC(=O)c1ccccc1. The summed E-state index contributed by atoms with van der Waals surface area (Å²) >= 11 is 0. The third-order valence-corrected chi connectivity index (χ3v) is 3.15. The van der Waals surface area contributed by atoms with Crippen molar-refractivity contribution < 1.29 is 33.9 Å². The third-order valence-electron chi connectivity index (χ3n) is 3.15. The van der Waals surface area contributed by atoms with Crippen LogP contribution in [-0.4, -0.2) is 35.0 Å². The van der Waals surface area contributed by atoms with Crippen molar-refractivity contribution in [2.75, 3.05) is 7.11 Å². The fourth-order valence-corrected chi connectivity index (χ4v) is 2.02. The van der Waals surface area contributed by atoms with E-state index in [1.54, 1.807) is 6.07 Å². The van der Waals surface area contributed by atoms with E-state index in [0.29, 0.717) is 0 Å². The Kier molecular flexibility index (Phi) is 5.08. The zero-order valence-electron chi connectivity index (χ0n) is 12.8. The van der Waals surface area contributed by atoms with Gasteiger partial charge < -0.3 is 14.6 Å². The number of carbonyl (C=O) groups excluding carboxylic acids is 3. The summed E-state index contributed by atoms with van der Waals surface area (Å²) in [6, 6.07) is 9.09. The molecular formula is C16H11NO8. The fourth-order valence-electron chi connectivity index (χ4n) is 2.02. The Morgan fingerprint density at radius 1 is 0.960 bits per heavy atom. The van der Waals surface area contributed by atoms with Crippen molar-refractivity contribution in [3.8, 4) is 5.75 Å². The molecule has 0 bridgehead atoms. The first-order valence-electron chi connectivity index (χ1n) is 6.77. The molecule has 0 atom stereocenters. The predicted octanol–water partition coefficient (Wildman–Crippen LogP) is 2.08. The van der Waals surface area contributed by atoms with E-state index in [2.05, 4.69) is 9.47 Å². The lowest BCUT2D eigenvalue weighted by Crippen LogP contribution is -2.18. The monoisotopic (exact) mass is 345 g/mol. The minimum Gasteiger partial charge on any atom is -0.507 e. The standard InChI is InChI=1S/C16H11NO8/c1-24-15(20)13-11(18)8-7-10(17(22)23)12(13)16(21)25-14(19)9-5-3-2-4-6-9/h2-8,18H,1H3. The van der Waals surface area contributed by atoms with E-state index < -0.39 is 45.4 Å². The van der Waals surface area contributed by atoms with Crippen LogP contribution in [0.15, 0.2) is 42.5 Å². The van der Waals surface area contributed by atoms with E-state index in [-0.39, 0.29) is 5.56 Å². The second-order valence-corrected chi connectivity index (χ2v) is 4.65. The number of nitrogens with zero attached hydrogens (tertiary/aromatic N) is 1. The Hall–Kier alpha value is -3.75. The van der Waals surface area contributed by atoms with Crippen LogP contribution >= 0.6 is 0 Å². The predicted molar refractivity (Wildman–Crippen MR) is 82.3 cm³/mol. The van der Waals surface area contributed by atoms with E-state index in [4.69, 9.17) is 0 Å². The molecule has 1 N–H and O–H groups in total. The molecule has 9 nitrogen and oxygen atoms in total. The highest BCUT2D eigenvalue weighted by molar-refractivity contribution is 6.11. The summed E-state index contributed by atoms with van der Waals surface area (Å²) in [4.78, 5) is 46.2. The van der Waals surface area contributed by atoms with Crippen LogP contribution in [-0.2, 0) is 9.47 Å². The third kappa shape index (κ3) is 3.61. The molecule has 0 aliphatic rings. The van der Waals surface area contributed by atoms with Gasteiger partial charge in [-0.25, -0.2) is 14.4 Å². The Morgan fingerprint density at radius 2 is 1.60 bits per heavy atom. The van der Waals surface area contributed by atoms with E-state index in [1.165, 1.54) is 24.3 Å². The van der Waals surface area contributed by atoms with Crippen molar-refractivity contribution in [2.45, 2.75) is 0 Å². The Bertz CT molecular complexity index is 860. The van der Waals surface area contributed by atoms with Gasteiger partial charge in [0.25, 0.3) is 5.69 Å². The molecule has 0 unspecified atom stereocenters. The zero-order valence-corrected chi connectivity index (χ0v) is 12.8. The van der Waals surface area contributed by atoms with Gasteiger partial charge in [-0.05, 0) is 18.2 Å². The number of benzene rings is 2. The van der Waals surface area contributed by atoms with Crippen LogP contribution in [0.1, 0.15) is 31.1 Å². The van der Waals surface area contributed by atoms with Gasteiger partial charge in [0.05, 0.1) is 17.6 Å². The normalized spacial score (nSPS) is 9.96. The van der Waals surface area contributed by atoms with Crippen LogP contribution in [0.5, 0.6) is 5.75 Å². The molecule has 0 aromatic heterocycles. The van der Waals surface area contributed by atoms with Gasteiger partial charge in [0.2, 0.25) is 0 Å². The smallest absolute Gasteiger partial charge is 0.354 e. The molecule has 2 aromatic rings. The first-order valence-corrected chi connectivity index (χ1v) is 6.77. The number of phenols is 1. The topological polar surface area (TPSA) is 133 Å². The number of nitro benzene ring substituents is 1. The highest BCUT2D eigenvalue weighted by atomic mass is 16.6. The largest absolute Gasteiger partial charge is 0.507 e. The van der Waals surface area contributed by atoms with Crippen LogP contribution in [0.25, 0.3) is 0 Å². The molecule has 0 aliphatic heterocycles. The molecule has 0 saturated carbocycles. The number of phenolic OH excluding ortho intramolecular Hbond substituents is 1. The van der Waals surface area contributed by atoms with E-state index in [0.717, 1.165) is 19.2 Å². The number of esters is 3. The number of hydrogen-bond acceptors (Lipinski definition) is 8. The van der Waals surface area contributed by atoms with E-state index >= 15 is 0 Å². The number of carbonyl (C=O) groups is 3. The molecule has 0 radical (unpaired) electrons. The lowest BCUT2D eigenvalue weighted by Gasteiger charge is -2.09.